The SMILES string of the molecule is CC(=O)Nc1sc2c(c1C(c1ccccc1Cl)N1CCCCC1)CCCC2. The number of aryl methyl sites for hydroxylation is 1. The third-order valence-electron chi connectivity index (χ3n) is 5.73. The molecule has 0 saturated carbocycles. The fraction of sp³-hybridized carbons (Fsp3) is 0.500. The molecule has 1 unspecified atom stereocenters. The number of hydrogen-bond donors (Lipinski definition) is 1. The van der Waals surface area contributed by atoms with Gasteiger partial charge in [-0.15, -0.1) is 11.3 Å². The summed E-state index contributed by atoms with van der Waals surface area (Å²) in [6, 6.07) is 8.35. The molecule has 5 heteroatoms. The second kappa shape index (κ2) is 8.34. The van der Waals surface area contributed by atoms with Gasteiger partial charge in [0.25, 0.3) is 0 Å². The third-order valence-corrected chi connectivity index (χ3v) is 7.30. The molecule has 27 heavy (non-hydrogen) atoms. The standard InChI is InChI=1S/C22H27ClN2OS/c1-15(26)24-22-20(17-10-4-6-12-19(17)27-22)21(25-13-7-2-8-14-25)16-9-3-5-11-18(16)23/h3,5,9,11,21H,2,4,6-8,10,12-14H2,1H3,(H,24,26). The fourth-order valence-electron chi connectivity index (χ4n) is 4.54. The summed E-state index contributed by atoms with van der Waals surface area (Å²) >= 11 is 8.47. The molecule has 0 radical (unpaired) electrons. The van der Waals surface area contributed by atoms with Crippen LogP contribution in [0, 0.1) is 0 Å². The van der Waals surface area contributed by atoms with E-state index >= 15 is 0 Å². The molecule has 1 aliphatic heterocycles. The van der Waals surface area contributed by atoms with Crippen LogP contribution in [-0.2, 0) is 17.6 Å². The van der Waals surface area contributed by atoms with E-state index in [2.05, 4.69) is 22.3 Å². The monoisotopic (exact) mass is 402 g/mol. The van der Waals surface area contributed by atoms with Crippen molar-refractivity contribution < 1.29 is 4.79 Å². The summed E-state index contributed by atoms with van der Waals surface area (Å²) in [6.07, 6.45) is 8.45. The van der Waals surface area contributed by atoms with Gasteiger partial charge in [-0.2, -0.15) is 0 Å². The van der Waals surface area contributed by atoms with Gasteiger partial charge < -0.3 is 5.32 Å². The summed E-state index contributed by atoms with van der Waals surface area (Å²) in [5, 5.41) is 5.00. The van der Waals surface area contributed by atoms with Crippen molar-refractivity contribution in [3.8, 4) is 0 Å². The number of carbonyl (C=O) groups excluding carboxylic acids is 1. The van der Waals surface area contributed by atoms with Crippen molar-refractivity contribution in [1.29, 1.82) is 0 Å². The van der Waals surface area contributed by atoms with E-state index in [4.69, 9.17) is 11.6 Å². The van der Waals surface area contributed by atoms with Gasteiger partial charge in [0.2, 0.25) is 5.91 Å². The molecular formula is C22H27ClN2OS. The van der Waals surface area contributed by atoms with Gasteiger partial charge in [-0.25, -0.2) is 0 Å². The lowest BCUT2D eigenvalue weighted by Crippen LogP contribution is -2.35. The number of likely N-dealkylation sites (tertiary alicyclic amines) is 1. The third kappa shape index (κ3) is 3.94. The number of amides is 1. The molecule has 1 atom stereocenters. The van der Waals surface area contributed by atoms with Crippen LogP contribution in [0.4, 0.5) is 5.00 Å². The molecule has 0 spiro atoms. The van der Waals surface area contributed by atoms with E-state index in [1.54, 1.807) is 18.3 Å². The number of nitrogens with zero attached hydrogens (tertiary/aromatic N) is 1. The molecule has 1 N–H and O–H groups in total. The number of halogens is 1. The Kier molecular flexibility index (Phi) is 5.86. The topological polar surface area (TPSA) is 32.3 Å². The van der Waals surface area contributed by atoms with Gasteiger partial charge in [0.05, 0.1) is 6.04 Å². The van der Waals surface area contributed by atoms with Crippen LogP contribution < -0.4 is 5.32 Å². The molecule has 1 aromatic heterocycles. The van der Waals surface area contributed by atoms with Gasteiger partial charge in [0, 0.05) is 22.4 Å². The predicted molar refractivity (Wildman–Crippen MR) is 114 cm³/mol. The molecule has 1 aromatic carbocycles. The Morgan fingerprint density at radius 2 is 1.85 bits per heavy atom. The first-order valence-electron chi connectivity index (χ1n) is 10.1. The lowest BCUT2D eigenvalue weighted by Gasteiger charge is -2.36. The van der Waals surface area contributed by atoms with E-state index in [-0.39, 0.29) is 11.9 Å². The van der Waals surface area contributed by atoms with Crippen LogP contribution in [0.2, 0.25) is 5.02 Å². The van der Waals surface area contributed by atoms with Gasteiger partial charge >= 0.3 is 0 Å². The van der Waals surface area contributed by atoms with Crippen LogP contribution in [0.5, 0.6) is 0 Å². The molecule has 1 aliphatic carbocycles. The average Bonchev–Trinajstić information content (AvgIpc) is 3.02. The Labute approximate surface area is 170 Å². The first-order valence-corrected chi connectivity index (χ1v) is 11.2. The van der Waals surface area contributed by atoms with Crippen molar-refractivity contribution in [2.24, 2.45) is 0 Å². The average molecular weight is 403 g/mol. The van der Waals surface area contributed by atoms with E-state index < -0.39 is 0 Å². The maximum atomic E-state index is 11.9. The van der Waals surface area contributed by atoms with Crippen LogP contribution in [0.3, 0.4) is 0 Å². The molecule has 1 fully saturated rings. The summed E-state index contributed by atoms with van der Waals surface area (Å²) in [6.45, 7) is 3.77. The minimum absolute atomic E-state index is 0.00593. The number of thiophene rings is 1. The zero-order valence-electron chi connectivity index (χ0n) is 15.9. The fourth-order valence-corrected chi connectivity index (χ4v) is 6.15. The zero-order valence-corrected chi connectivity index (χ0v) is 17.5. The number of piperidine rings is 1. The Morgan fingerprint density at radius 1 is 1.11 bits per heavy atom. The summed E-state index contributed by atoms with van der Waals surface area (Å²) in [7, 11) is 0. The van der Waals surface area contributed by atoms with Crippen LogP contribution in [0.15, 0.2) is 24.3 Å². The molecule has 2 aromatic rings. The van der Waals surface area contributed by atoms with E-state index in [0.717, 1.165) is 36.0 Å². The normalized spacial score (nSPS) is 18.7. The number of benzene rings is 1. The Balaban J connectivity index is 1.87. The summed E-state index contributed by atoms with van der Waals surface area (Å²) < 4.78 is 0. The highest BCUT2D eigenvalue weighted by Crippen LogP contribution is 2.47. The first kappa shape index (κ1) is 19.0. The van der Waals surface area contributed by atoms with E-state index in [1.165, 1.54) is 53.7 Å². The zero-order chi connectivity index (χ0) is 18.8. The van der Waals surface area contributed by atoms with Crippen LogP contribution in [-0.4, -0.2) is 23.9 Å². The minimum Gasteiger partial charge on any atom is -0.318 e. The van der Waals surface area contributed by atoms with E-state index in [0.29, 0.717) is 0 Å². The van der Waals surface area contributed by atoms with Crippen LogP contribution >= 0.6 is 22.9 Å². The molecule has 1 saturated heterocycles. The van der Waals surface area contributed by atoms with Gasteiger partial charge in [-0.1, -0.05) is 36.2 Å². The van der Waals surface area contributed by atoms with Crippen molar-refractivity contribution in [2.45, 2.75) is 57.9 Å². The second-order valence-electron chi connectivity index (χ2n) is 7.66. The largest absolute Gasteiger partial charge is 0.318 e. The van der Waals surface area contributed by atoms with Gasteiger partial charge in [-0.05, 0) is 68.8 Å². The number of fused-ring (bicyclic) bond motifs is 1. The Bertz CT molecular complexity index is 826. The second-order valence-corrected chi connectivity index (χ2v) is 9.17. The highest BCUT2D eigenvalue weighted by molar-refractivity contribution is 7.16. The number of nitrogens with one attached hydrogen (secondary N) is 1. The maximum Gasteiger partial charge on any atom is 0.221 e. The van der Waals surface area contributed by atoms with E-state index in [9.17, 15) is 4.79 Å². The van der Waals surface area contributed by atoms with Gasteiger partial charge in [-0.3, -0.25) is 9.69 Å². The van der Waals surface area contributed by atoms with E-state index in [1.807, 2.05) is 12.1 Å². The van der Waals surface area contributed by atoms with Crippen molar-refractivity contribution in [3.63, 3.8) is 0 Å². The molecule has 0 bridgehead atoms. The Hall–Kier alpha value is -1.36. The predicted octanol–water partition coefficient (Wildman–Crippen LogP) is 5.81. The summed E-state index contributed by atoms with van der Waals surface area (Å²) in [4.78, 5) is 16.0. The molecule has 1 amide bonds. The number of rotatable bonds is 4. The Morgan fingerprint density at radius 3 is 2.59 bits per heavy atom. The number of carbonyl (C=O) groups is 1. The molecule has 2 heterocycles. The summed E-state index contributed by atoms with van der Waals surface area (Å²) in [5.41, 5.74) is 3.93. The molecular weight excluding hydrogens is 376 g/mol. The molecule has 3 nitrogen and oxygen atoms in total. The van der Waals surface area contributed by atoms with Gasteiger partial charge in [0.15, 0.2) is 0 Å². The lowest BCUT2D eigenvalue weighted by molar-refractivity contribution is -0.114. The van der Waals surface area contributed by atoms with Crippen molar-refractivity contribution in [3.05, 3.63) is 50.9 Å². The molecule has 144 valence electrons. The first-order chi connectivity index (χ1) is 13.1. The number of hydrogen-bond acceptors (Lipinski definition) is 3. The van der Waals surface area contributed by atoms with Crippen LogP contribution in [0.25, 0.3) is 0 Å². The molecule has 4 rings (SSSR count). The quantitative estimate of drug-likeness (QED) is 0.699. The van der Waals surface area contributed by atoms with Crippen molar-refractivity contribution >= 4 is 33.8 Å². The van der Waals surface area contributed by atoms with Crippen molar-refractivity contribution in [2.75, 3.05) is 18.4 Å². The lowest BCUT2D eigenvalue weighted by atomic mass is 9.88. The van der Waals surface area contributed by atoms with Crippen LogP contribution in [0.1, 0.15) is 66.6 Å². The van der Waals surface area contributed by atoms with Crippen molar-refractivity contribution in [1.82, 2.24) is 4.90 Å². The maximum absolute atomic E-state index is 11.9. The summed E-state index contributed by atoms with van der Waals surface area (Å²) in [5.74, 6) is 0.00593. The highest BCUT2D eigenvalue weighted by Gasteiger charge is 2.33. The highest BCUT2D eigenvalue weighted by atomic mass is 35.5. The smallest absolute Gasteiger partial charge is 0.221 e. The minimum atomic E-state index is 0.00593. The van der Waals surface area contributed by atoms with Gasteiger partial charge in [0.1, 0.15) is 5.00 Å². The number of anilines is 1. The molecule has 2 aliphatic rings.